The Morgan fingerprint density at radius 2 is 2.35 bits per heavy atom. The number of hydrogen-bond acceptors (Lipinski definition) is 3. The first kappa shape index (κ1) is 14.9. The van der Waals surface area contributed by atoms with Crippen molar-refractivity contribution in [2.75, 3.05) is 26.4 Å². The Kier molecular flexibility index (Phi) is 5.44. The van der Waals surface area contributed by atoms with Crippen LogP contribution in [0.5, 0.6) is 5.75 Å². The first-order chi connectivity index (χ1) is 9.70. The number of ether oxygens (including phenoxy) is 2. The average molecular weight is 296 g/mol. The smallest absolute Gasteiger partial charge is 0.250 e. The average Bonchev–Trinajstić information content (AvgIpc) is 2.46. The normalized spacial score (nSPS) is 13.2. The van der Waals surface area contributed by atoms with E-state index in [1.165, 1.54) is 0 Å². The molecule has 108 valence electrons. The van der Waals surface area contributed by atoms with Crippen molar-refractivity contribution in [2.45, 2.75) is 13.3 Å². The summed E-state index contributed by atoms with van der Waals surface area (Å²) < 4.78 is 10.8. The van der Waals surface area contributed by atoms with E-state index in [-0.39, 0.29) is 12.5 Å². The van der Waals surface area contributed by atoms with Gasteiger partial charge in [-0.2, -0.15) is 0 Å². The molecule has 1 aliphatic heterocycles. The van der Waals surface area contributed by atoms with Crippen LogP contribution in [-0.2, 0) is 9.53 Å². The predicted molar refractivity (Wildman–Crippen MR) is 79.0 cm³/mol. The van der Waals surface area contributed by atoms with E-state index in [1.54, 1.807) is 12.1 Å². The summed E-state index contributed by atoms with van der Waals surface area (Å²) in [6.07, 6.45) is 2.62. The van der Waals surface area contributed by atoms with Crippen molar-refractivity contribution < 1.29 is 14.3 Å². The van der Waals surface area contributed by atoms with Gasteiger partial charge in [-0.1, -0.05) is 11.6 Å². The van der Waals surface area contributed by atoms with Gasteiger partial charge in [-0.3, -0.25) is 4.79 Å². The summed E-state index contributed by atoms with van der Waals surface area (Å²) in [7, 11) is 0. The van der Waals surface area contributed by atoms with Gasteiger partial charge in [0.2, 0.25) is 0 Å². The third kappa shape index (κ3) is 3.99. The topological polar surface area (TPSA) is 47.6 Å². The molecular formula is C15H18ClNO3. The highest BCUT2D eigenvalue weighted by atomic mass is 35.5. The largest absolute Gasteiger partial charge is 0.488 e. The number of carbonyl (C=O) groups is 1. The van der Waals surface area contributed by atoms with E-state index in [2.05, 4.69) is 5.32 Å². The fourth-order valence-corrected chi connectivity index (χ4v) is 2.09. The summed E-state index contributed by atoms with van der Waals surface area (Å²) in [6, 6.07) is 5.37. The van der Waals surface area contributed by atoms with Crippen molar-refractivity contribution in [3.8, 4) is 5.75 Å². The molecule has 0 aliphatic carbocycles. The summed E-state index contributed by atoms with van der Waals surface area (Å²) in [4.78, 5) is 12.0. The van der Waals surface area contributed by atoms with E-state index in [0.29, 0.717) is 30.4 Å². The Bertz CT molecular complexity index is 514. The zero-order valence-corrected chi connectivity index (χ0v) is 12.2. The van der Waals surface area contributed by atoms with Crippen molar-refractivity contribution in [1.82, 2.24) is 5.32 Å². The second kappa shape index (κ2) is 7.31. The van der Waals surface area contributed by atoms with Gasteiger partial charge < -0.3 is 14.8 Å². The van der Waals surface area contributed by atoms with E-state index < -0.39 is 0 Å². The highest BCUT2D eigenvalue weighted by Gasteiger charge is 2.16. The van der Waals surface area contributed by atoms with Gasteiger partial charge >= 0.3 is 0 Å². The summed E-state index contributed by atoms with van der Waals surface area (Å²) in [5.74, 6) is 0.648. The maximum Gasteiger partial charge on any atom is 0.250 e. The van der Waals surface area contributed by atoms with Crippen LogP contribution in [0.15, 0.2) is 23.8 Å². The molecule has 0 atom stereocenters. The standard InChI is InChI=1S/C15H18ClNO3/c1-2-19-7-3-6-17-15(18)12-8-11-9-13(16)4-5-14(11)20-10-12/h4-5,8-9H,2-3,6-7,10H2,1H3,(H,17,18). The van der Waals surface area contributed by atoms with Crippen LogP contribution < -0.4 is 10.1 Å². The fourth-order valence-electron chi connectivity index (χ4n) is 1.91. The van der Waals surface area contributed by atoms with Crippen molar-refractivity contribution in [3.05, 3.63) is 34.4 Å². The van der Waals surface area contributed by atoms with E-state index in [4.69, 9.17) is 21.1 Å². The van der Waals surface area contributed by atoms with Gasteiger partial charge in [0, 0.05) is 30.3 Å². The SMILES string of the molecule is CCOCCCNC(=O)C1=Cc2cc(Cl)ccc2OC1. The molecule has 4 nitrogen and oxygen atoms in total. The number of rotatable bonds is 6. The van der Waals surface area contributed by atoms with Crippen LogP contribution in [0, 0.1) is 0 Å². The van der Waals surface area contributed by atoms with Crippen LogP contribution in [-0.4, -0.2) is 32.3 Å². The van der Waals surface area contributed by atoms with E-state index in [0.717, 1.165) is 17.7 Å². The number of carbonyl (C=O) groups excluding carboxylic acids is 1. The maximum absolute atomic E-state index is 12.0. The van der Waals surface area contributed by atoms with Crippen LogP contribution in [0.3, 0.4) is 0 Å². The lowest BCUT2D eigenvalue weighted by molar-refractivity contribution is -0.117. The van der Waals surface area contributed by atoms with Gasteiger partial charge in [-0.15, -0.1) is 0 Å². The molecule has 0 saturated carbocycles. The Morgan fingerprint density at radius 3 is 3.15 bits per heavy atom. The molecule has 1 heterocycles. The zero-order valence-electron chi connectivity index (χ0n) is 11.4. The molecule has 0 unspecified atom stereocenters. The first-order valence-electron chi connectivity index (χ1n) is 6.69. The molecule has 1 aromatic rings. The second-order valence-electron chi connectivity index (χ2n) is 4.45. The lowest BCUT2D eigenvalue weighted by atomic mass is 10.1. The molecule has 1 aliphatic rings. The quantitative estimate of drug-likeness (QED) is 0.821. The van der Waals surface area contributed by atoms with Gasteiger partial charge in [0.1, 0.15) is 12.4 Å². The summed E-state index contributed by atoms with van der Waals surface area (Å²) in [5, 5.41) is 3.48. The zero-order chi connectivity index (χ0) is 14.4. The lowest BCUT2D eigenvalue weighted by Gasteiger charge is -2.17. The number of fused-ring (bicyclic) bond motifs is 1. The molecular weight excluding hydrogens is 278 g/mol. The fraction of sp³-hybridized carbons (Fsp3) is 0.400. The molecule has 0 spiro atoms. The second-order valence-corrected chi connectivity index (χ2v) is 4.88. The van der Waals surface area contributed by atoms with Crippen molar-refractivity contribution in [3.63, 3.8) is 0 Å². The molecule has 0 saturated heterocycles. The first-order valence-corrected chi connectivity index (χ1v) is 7.07. The monoisotopic (exact) mass is 295 g/mol. The van der Waals surface area contributed by atoms with Crippen LogP contribution in [0.2, 0.25) is 5.02 Å². The highest BCUT2D eigenvalue weighted by molar-refractivity contribution is 6.30. The lowest BCUT2D eigenvalue weighted by Crippen LogP contribution is -2.29. The van der Waals surface area contributed by atoms with Crippen molar-refractivity contribution >= 4 is 23.6 Å². The van der Waals surface area contributed by atoms with Crippen LogP contribution in [0.4, 0.5) is 0 Å². The summed E-state index contributed by atoms with van der Waals surface area (Å²) in [5.41, 5.74) is 1.44. The predicted octanol–water partition coefficient (Wildman–Crippen LogP) is 2.66. The van der Waals surface area contributed by atoms with E-state index >= 15 is 0 Å². The Balaban J connectivity index is 1.91. The van der Waals surface area contributed by atoms with E-state index in [1.807, 2.05) is 19.1 Å². The van der Waals surface area contributed by atoms with Gasteiger partial charge in [-0.25, -0.2) is 0 Å². The maximum atomic E-state index is 12.0. The molecule has 0 aromatic heterocycles. The van der Waals surface area contributed by atoms with Gasteiger partial charge in [0.05, 0.1) is 5.57 Å². The van der Waals surface area contributed by atoms with Crippen molar-refractivity contribution in [2.24, 2.45) is 0 Å². The molecule has 0 fully saturated rings. The number of halogens is 1. The van der Waals surface area contributed by atoms with Gasteiger partial charge in [0.15, 0.2) is 0 Å². The van der Waals surface area contributed by atoms with Crippen molar-refractivity contribution in [1.29, 1.82) is 0 Å². The third-order valence-corrected chi connectivity index (χ3v) is 3.17. The molecule has 0 radical (unpaired) electrons. The Hall–Kier alpha value is -1.52. The molecule has 1 amide bonds. The van der Waals surface area contributed by atoms with Gasteiger partial charge in [0.25, 0.3) is 5.91 Å². The molecule has 1 N–H and O–H groups in total. The Labute approximate surface area is 123 Å². The number of nitrogens with one attached hydrogen (secondary N) is 1. The third-order valence-electron chi connectivity index (χ3n) is 2.93. The van der Waals surface area contributed by atoms with Gasteiger partial charge in [-0.05, 0) is 37.6 Å². The van der Waals surface area contributed by atoms with Crippen LogP contribution in [0.1, 0.15) is 18.9 Å². The van der Waals surface area contributed by atoms with E-state index in [9.17, 15) is 4.79 Å². The van der Waals surface area contributed by atoms with Crippen LogP contribution >= 0.6 is 11.6 Å². The summed E-state index contributed by atoms with van der Waals surface area (Å²) >= 11 is 5.94. The minimum Gasteiger partial charge on any atom is -0.488 e. The number of hydrogen-bond donors (Lipinski definition) is 1. The molecule has 1 aromatic carbocycles. The summed E-state index contributed by atoms with van der Waals surface area (Å²) in [6.45, 7) is 4.19. The van der Waals surface area contributed by atoms with Crippen LogP contribution in [0.25, 0.3) is 6.08 Å². The highest BCUT2D eigenvalue weighted by Crippen LogP contribution is 2.28. The minimum atomic E-state index is -0.105. The molecule has 0 bridgehead atoms. The molecule has 20 heavy (non-hydrogen) atoms. The molecule has 2 rings (SSSR count). The Morgan fingerprint density at radius 1 is 1.50 bits per heavy atom. The number of benzene rings is 1. The minimum absolute atomic E-state index is 0.105. The molecule has 5 heteroatoms. The number of amides is 1.